The lowest BCUT2D eigenvalue weighted by atomic mass is 9.97. The Morgan fingerprint density at radius 1 is 1.28 bits per heavy atom. The number of hydrogen-bond acceptors (Lipinski definition) is 4. The first kappa shape index (κ1) is 17.5. The molecule has 25 heavy (non-hydrogen) atoms. The number of aromatic nitrogens is 1. The van der Waals surface area contributed by atoms with Gasteiger partial charge in [-0.05, 0) is 37.1 Å². The van der Waals surface area contributed by atoms with Gasteiger partial charge in [-0.15, -0.1) is 0 Å². The maximum Gasteiger partial charge on any atom is 0.225 e. The number of pyridine rings is 1. The quantitative estimate of drug-likeness (QED) is 0.805. The van der Waals surface area contributed by atoms with E-state index >= 15 is 0 Å². The van der Waals surface area contributed by atoms with Gasteiger partial charge in [0.25, 0.3) is 0 Å². The molecule has 1 aromatic heterocycles. The minimum absolute atomic E-state index is 0.0175. The van der Waals surface area contributed by atoms with Crippen molar-refractivity contribution in [2.45, 2.75) is 12.8 Å². The molecule has 132 valence electrons. The van der Waals surface area contributed by atoms with Gasteiger partial charge in [0.15, 0.2) is 0 Å². The van der Waals surface area contributed by atoms with E-state index in [4.69, 9.17) is 16.3 Å². The summed E-state index contributed by atoms with van der Waals surface area (Å²) in [5.41, 5.74) is 0. The summed E-state index contributed by atoms with van der Waals surface area (Å²) in [5.74, 6) is 1.62. The van der Waals surface area contributed by atoms with Gasteiger partial charge >= 0.3 is 0 Å². The molecule has 5 nitrogen and oxygen atoms in total. The number of benzene rings is 1. The second-order valence-corrected chi connectivity index (χ2v) is 6.45. The minimum atomic E-state index is -0.0175. The van der Waals surface area contributed by atoms with Gasteiger partial charge in [-0.25, -0.2) is 4.98 Å². The highest BCUT2D eigenvalue weighted by Gasteiger charge is 2.26. The topological polar surface area (TPSA) is 54.5 Å². The molecule has 6 heteroatoms. The SMILES string of the molecule is O=C(NCCOc1ccccc1Cl)[C@@H]1CCCN(c2ccccn2)C1. The van der Waals surface area contributed by atoms with E-state index in [1.807, 2.05) is 36.4 Å². The summed E-state index contributed by atoms with van der Waals surface area (Å²) in [6.45, 7) is 2.50. The second kappa shape index (κ2) is 8.72. The van der Waals surface area contributed by atoms with Crippen LogP contribution in [0.2, 0.25) is 5.02 Å². The largest absolute Gasteiger partial charge is 0.490 e. The average molecular weight is 360 g/mol. The van der Waals surface area contributed by atoms with Gasteiger partial charge < -0.3 is 15.0 Å². The average Bonchev–Trinajstić information content (AvgIpc) is 2.67. The molecule has 1 fully saturated rings. The third-order valence-corrected chi connectivity index (χ3v) is 4.57. The molecule has 0 aliphatic carbocycles. The molecule has 1 aromatic carbocycles. The number of carbonyl (C=O) groups excluding carboxylic acids is 1. The fourth-order valence-electron chi connectivity index (χ4n) is 2.98. The van der Waals surface area contributed by atoms with E-state index in [1.54, 1.807) is 12.3 Å². The van der Waals surface area contributed by atoms with Crippen LogP contribution in [0.5, 0.6) is 5.75 Å². The van der Waals surface area contributed by atoms with Gasteiger partial charge in [0.2, 0.25) is 5.91 Å². The van der Waals surface area contributed by atoms with Crippen molar-refractivity contribution in [2.75, 3.05) is 31.1 Å². The van der Waals surface area contributed by atoms with Crippen LogP contribution in [-0.2, 0) is 4.79 Å². The Morgan fingerprint density at radius 2 is 2.12 bits per heavy atom. The van der Waals surface area contributed by atoms with Crippen LogP contribution in [0.4, 0.5) is 5.82 Å². The molecular formula is C19H22ClN3O2. The molecule has 1 saturated heterocycles. The van der Waals surface area contributed by atoms with Crippen molar-refractivity contribution in [1.29, 1.82) is 0 Å². The van der Waals surface area contributed by atoms with E-state index in [0.717, 1.165) is 25.2 Å². The lowest BCUT2D eigenvalue weighted by Crippen LogP contribution is -2.44. The zero-order valence-corrected chi connectivity index (χ0v) is 14.8. The zero-order valence-electron chi connectivity index (χ0n) is 14.0. The summed E-state index contributed by atoms with van der Waals surface area (Å²) < 4.78 is 5.60. The monoisotopic (exact) mass is 359 g/mol. The molecule has 0 radical (unpaired) electrons. The molecule has 1 N–H and O–H groups in total. The van der Waals surface area contributed by atoms with Crippen LogP contribution >= 0.6 is 11.6 Å². The Hall–Kier alpha value is -2.27. The predicted molar refractivity (Wildman–Crippen MR) is 99.1 cm³/mol. The molecule has 1 aliphatic rings. The molecule has 2 aromatic rings. The number of ether oxygens (including phenoxy) is 1. The van der Waals surface area contributed by atoms with Crippen LogP contribution in [-0.4, -0.2) is 37.1 Å². The summed E-state index contributed by atoms with van der Waals surface area (Å²) in [5, 5.41) is 3.54. The van der Waals surface area contributed by atoms with E-state index in [2.05, 4.69) is 15.2 Å². The molecule has 1 aliphatic heterocycles. The van der Waals surface area contributed by atoms with Crippen LogP contribution in [0.3, 0.4) is 0 Å². The number of amides is 1. The first-order chi connectivity index (χ1) is 12.2. The smallest absolute Gasteiger partial charge is 0.225 e. The summed E-state index contributed by atoms with van der Waals surface area (Å²) >= 11 is 6.04. The second-order valence-electron chi connectivity index (χ2n) is 6.04. The van der Waals surface area contributed by atoms with E-state index in [1.165, 1.54) is 0 Å². The fourth-order valence-corrected chi connectivity index (χ4v) is 3.17. The summed E-state index contributed by atoms with van der Waals surface area (Å²) in [4.78, 5) is 19.0. The van der Waals surface area contributed by atoms with Crippen LogP contribution in [0.25, 0.3) is 0 Å². The first-order valence-corrected chi connectivity index (χ1v) is 8.93. The molecule has 0 spiro atoms. The maximum atomic E-state index is 12.4. The predicted octanol–water partition coefficient (Wildman–Crippen LogP) is 3.15. The van der Waals surface area contributed by atoms with Crippen LogP contribution in [0.1, 0.15) is 12.8 Å². The molecular weight excluding hydrogens is 338 g/mol. The first-order valence-electron chi connectivity index (χ1n) is 8.55. The summed E-state index contributed by atoms with van der Waals surface area (Å²) in [6.07, 6.45) is 3.68. The highest BCUT2D eigenvalue weighted by atomic mass is 35.5. The Kier molecular flexibility index (Phi) is 6.12. The normalized spacial score (nSPS) is 17.2. The van der Waals surface area contributed by atoms with E-state index in [9.17, 15) is 4.79 Å². The van der Waals surface area contributed by atoms with Gasteiger partial charge in [-0.1, -0.05) is 29.8 Å². The Morgan fingerprint density at radius 3 is 2.92 bits per heavy atom. The van der Waals surface area contributed by atoms with Crippen molar-refractivity contribution in [3.8, 4) is 5.75 Å². The highest BCUT2D eigenvalue weighted by Crippen LogP contribution is 2.23. The van der Waals surface area contributed by atoms with Gasteiger partial charge in [-0.2, -0.15) is 0 Å². The van der Waals surface area contributed by atoms with Crippen LogP contribution in [0, 0.1) is 5.92 Å². The number of piperidine rings is 1. The third kappa shape index (κ3) is 4.86. The Balaban J connectivity index is 1.44. The molecule has 2 heterocycles. The number of rotatable bonds is 6. The fraction of sp³-hybridized carbons (Fsp3) is 0.368. The zero-order chi connectivity index (χ0) is 17.5. The third-order valence-electron chi connectivity index (χ3n) is 4.26. The molecule has 0 saturated carbocycles. The van der Waals surface area contributed by atoms with Crippen molar-refractivity contribution >= 4 is 23.3 Å². The maximum absolute atomic E-state index is 12.4. The van der Waals surface area contributed by atoms with Gasteiger partial charge in [-0.3, -0.25) is 4.79 Å². The number of carbonyl (C=O) groups is 1. The number of para-hydroxylation sites is 1. The molecule has 0 bridgehead atoms. The number of halogens is 1. The lowest BCUT2D eigenvalue weighted by molar-refractivity contribution is -0.125. The highest BCUT2D eigenvalue weighted by molar-refractivity contribution is 6.32. The minimum Gasteiger partial charge on any atom is -0.490 e. The summed E-state index contributed by atoms with van der Waals surface area (Å²) in [6, 6.07) is 13.2. The molecule has 3 rings (SSSR count). The molecule has 1 atom stereocenters. The standard InChI is InChI=1S/C19H22ClN3O2/c20-16-7-1-2-8-17(16)25-13-11-22-19(24)15-6-5-12-23(14-15)18-9-3-4-10-21-18/h1-4,7-10,15H,5-6,11-14H2,(H,22,24)/t15-/m1/s1. The van der Waals surface area contributed by atoms with Crippen molar-refractivity contribution < 1.29 is 9.53 Å². The van der Waals surface area contributed by atoms with Gasteiger partial charge in [0.1, 0.15) is 18.2 Å². The van der Waals surface area contributed by atoms with Crippen LogP contribution < -0.4 is 15.0 Å². The Labute approximate surface area is 153 Å². The number of anilines is 1. The Bertz CT molecular complexity index is 696. The summed E-state index contributed by atoms with van der Waals surface area (Å²) in [7, 11) is 0. The van der Waals surface area contributed by atoms with Crippen LogP contribution in [0.15, 0.2) is 48.7 Å². The number of nitrogens with zero attached hydrogens (tertiary/aromatic N) is 2. The van der Waals surface area contributed by atoms with Gasteiger partial charge in [0.05, 0.1) is 17.5 Å². The van der Waals surface area contributed by atoms with Crippen molar-refractivity contribution in [2.24, 2.45) is 5.92 Å². The van der Waals surface area contributed by atoms with E-state index in [-0.39, 0.29) is 11.8 Å². The molecule has 1 amide bonds. The van der Waals surface area contributed by atoms with Gasteiger partial charge in [0, 0.05) is 19.3 Å². The number of hydrogen-bond donors (Lipinski definition) is 1. The van der Waals surface area contributed by atoms with E-state index < -0.39 is 0 Å². The number of nitrogens with one attached hydrogen (secondary N) is 1. The lowest BCUT2D eigenvalue weighted by Gasteiger charge is -2.32. The van der Waals surface area contributed by atoms with Crippen molar-refractivity contribution in [1.82, 2.24) is 10.3 Å². The van der Waals surface area contributed by atoms with Crippen molar-refractivity contribution in [3.05, 3.63) is 53.7 Å². The van der Waals surface area contributed by atoms with Crippen molar-refractivity contribution in [3.63, 3.8) is 0 Å². The van der Waals surface area contributed by atoms with E-state index in [0.29, 0.717) is 30.5 Å². The molecule has 0 unspecified atom stereocenters.